The Hall–Kier alpha value is -3.02. The van der Waals surface area contributed by atoms with Crippen LogP contribution in [-0.4, -0.2) is 23.6 Å². The molecular weight excluding hydrogens is 311 g/mol. The van der Waals surface area contributed by atoms with Gasteiger partial charge < -0.3 is 11.1 Å². The highest BCUT2D eigenvalue weighted by atomic mass is 19.1. The molecule has 3 N–H and O–H groups in total. The average molecular weight is 328 g/mol. The number of amides is 2. The van der Waals surface area contributed by atoms with E-state index in [9.17, 15) is 18.8 Å². The Morgan fingerprint density at radius 3 is 2.33 bits per heavy atom. The molecule has 24 heavy (non-hydrogen) atoms. The van der Waals surface area contributed by atoms with Crippen LogP contribution in [0.15, 0.2) is 48.5 Å². The molecule has 0 saturated heterocycles. The van der Waals surface area contributed by atoms with Crippen LogP contribution in [0.4, 0.5) is 4.39 Å². The zero-order valence-electron chi connectivity index (χ0n) is 13.1. The minimum absolute atomic E-state index is 0.0852. The highest BCUT2D eigenvalue weighted by molar-refractivity contribution is 6.38. The first kappa shape index (κ1) is 17.3. The zero-order valence-corrected chi connectivity index (χ0v) is 13.1. The lowest BCUT2D eigenvalue weighted by molar-refractivity contribution is -0.137. The van der Waals surface area contributed by atoms with Crippen LogP contribution in [0.25, 0.3) is 0 Å². The highest BCUT2D eigenvalue weighted by Crippen LogP contribution is 2.13. The lowest BCUT2D eigenvalue weighted by Crippen LogP contribution is -2.47. The van der Waals surface area contributed by atoms with Gasteiger partial charge >= 0.3 is 0 Å². The van der Waals surface area contributed by atoms with Crippen LogP contribution < -0.4 is 11.1 Å². The number of carbonyl (C=O) groups is 3. The van der Waals surface area contributed by atoms with Crippen molar-refractivity contribution in [2.24, 2.45) is 5.73 Å². The Balaban J connectivity index is 2.26. The van der Waals surface area contributed by atoms with Crippen molar-refractivity contribution < 1.29 is 18.8 Å². The predicted octanol–water partition coefficient (Wildman–Crippen LogP) is 1.53. The first-order valence-electron chi connectivity index (χ1n) is 7.33. The largest absolute Gasteiger partial charge is 0.363 e. The molecule has 0 aromatic heterocycles. The maximum Gasteiger partial charge on any atom is 0.287 e. The van der Waals surface area contributed by atoms with Gasteiger partial charge in [-0.3, -0.25) is 14.4 Å². The van der Waals surface area contributed by atoms with Crippen molar-refractivity contribution in [2.75, 3.05) is 0 Å². The summed E-state index contributed by atoms with van der Waals surface area (Å²) >= 11 is 0. The summed E-state index contributed by atoms with van der Waals surface area (Å²) in [6.45, 7) is 1.58. The summed E-state index contributed by atoms with van der Waals surface area (Å²) in [4.78, 5) is 35.6. The van der Waals surface area contributed by atoms with E-state index < -0.39 is 29.5 Å². The first-order chi connectivity index (χ1) is 11.4. The van der Waals surface area contributed by atoms with E-state index in [2.05, 4.69) is 5.32 Å². The number of halogens is 1. The number of rotatable bonds is 6. The third-order valence-corrected chi connectivity index (χ3v) is 3.60. The first-order valence-corrected chi connectivity index (χ1v) is 7.33. The van der Waals surface area contributed by atoms with Crippen LogP contribution in [0.1, 0.15) is 21.5 Å². The molecule has 0 bridgehead atoms. The molecular formula is C18H17FN2O3. The summed E-state index contributed by atoms with van der Waals surface area (Å²) in [6, 6.07) is 11.9. The molecule has 0 saturated carbocycles. The summed E-state index contributed by atoms with van der Waals surface area (Å²) in [5.41, 5.74) is 6.06. The van der Waals surface area contributed by atoms with Gasteiger partial charge in [0.2, 0.25) is 5.78 Å². The van der Waals surface area contributed by atoms with E-state index in [4.69, 9.17) is 5.73 Å². The van der Waals surface area contributed by atoms with Crippen molar-refractivity contribution in [3.63, 3.8) is 0 Å². The molecule has 0 heterocycles. The molecule has 2 rings (SSSR count). The lowest BCUT2D eigenvalue weighted by atomic mass is 10.0. The van der Waals surface area contributed by atoms with Gasteiger partial charge in [0.15, 0.2) is 0 Å². The topological polar surface area (TPSA) is 89.3 Å². The van der Waals surface area contributed by atoms with Gasteiger partial charge in [0.05, 0.1) is 5.56 Å². The maximum absolute atomic E-state index is 13.9. The van der Waals surface area contributed by atoms with Gasteiger partial charge in [-0.05, 0) is 24.1 Å². The molecule has 0 fully saturated rings. The summed E-state index contributed by atoms with van der Waals surface area (Å²) < 4.78 is 13.9. The van der Waals surface area contributed by atoms with E-state index in [1.807, 2.05) is 0 Å². The number of ketones is 1. The minimum atomic E-state index is -1.16. The molecule has 2 aromatic rings. The van der Waals surface area contributed by atoms with E-state index in [0.29, 0.717) is 5.56 Å². The zero-order chi connectivity index (χ0) is 17.7. The van der Waals surface area contributed by atoms with Gasteiger partial charge in [-0.2, -0.15) is 0 Å². The lowest BCUT2D eigenvalue weighted by Gasteiger charge is -2.17. The molecule has 2 aromatic carbocycles. The quantitative estimate of drug-likeness (QED) is 0.788. The monoisotopic (exact) mass is 328 g/mol. The third-order valence-electron chi connectivity index (χ3n) is 3.60. The van der Waals surface area contributed by atoms with Gasteiger partial charge in [0.1, 0.15) is 11.9 Å². The van der Waals surface area contributed by atoms with E-state index in [-0.39, 0.29) is 12.0 Å². The van der Waals surface area contributed by atoms with Crippen LogP contribution in [0.3, 0.4) is 0 Å². The highest BCUT2D eigenvalue weighted by Gasteiger charge is 2.27. The summed E-state index contributed by atoms with van der Waals surface area (Å²) in [5.74, 6) is -3.54. The van der Waals surface area contributed by atoms with Crippen molar-refractivity contribution in [3.8, 4) is 0 Å². The summed E-state index contributed by atoms with van der Waals surface area (Å²) in [5, 5.41) is 2.42. The molecule has 0 aliphatic heterocycles. The number of nitrogens with one attached hydrogen (secondary N) is 1. The molecule has 2 amide bonds. The fraction of sp³-hybridized carbons (Fsp3) is 0.167. The number of aryl methyl sites for hydroxylation is 1. The van der Waals surface area contributed by atoms with E-state index in [0.717, 1.165) is 11.6 Å². The Labute approximate surface area is 138 Å². The summed E-state index contributed by atoms with van der Waals surface area (Å²) in [7, 11) is 0. The molecule has 0 radical (unpaired) electrons. The predicted molar refractivity (Wildman–Crippen MR) is 86.7 cm³/mol. The normalized spacial score (nSPS) is 11.6. The van der Waals surface area contributed by atoms with Crippen molar-refractivity contribution in [2.45, 2.75) is 19.4 Å². The fourth-order valence-electron chi connectivity index (χ4n) is 2.38. The maximum atomic E-state index is 13.9. The second-order valence-electron chi connectivity index (χ2n) is 5.38. The number of nitrogens with two attached hydrogens (primary N) is 1. The number of Topliss-reactive ketones (excluding diaryl/α,β-unsaturated/α-hetero) is 1. The number of carbonyl (C=O) groups excluding carboxylic acids is 3. The molecule has 0 aliphatic carbocycles. The molecule has 1 atom stereocenters. The standard InChI is InChI=1S/C18H17FN2O3/c1-11-6-5-9-13(19)15(11)18(24)21-14(16(22)17(20)23)10-12-7-3-2-4-8-12/h2-9,14H,10H2,1H3,(H2,20,23)(H,21,24)/t14-/m0/s1. The minimum Gasteiger partial charge on any atom is -0.363 e. The third kappa shape index (κ3) is 4.04. The van der Waals surface area contributed by atoms with Crippen molar-refractivity contribution in [3.05, 3.63) is 71.0 Å². The molecule has 0 aliphatic rings. The molecule has 5 nitrogen and oxygen atoms in total. The Kier molecular flexibility index (Phi) is 5.42. The number of hydrogen-bond acceptors (Lipinski definition) is 3. The smallest absolute Gasteiger partial charge is 0.287 e. The van der Waals surface area contributed by atoms with Crippen molar-refractivity contribution in [1.82, 2.24) is 5.32 Å². The Morgan fingerprint density at radius 2 is 1.75 bits per heavy atom. The number of benzene rings is 2. The van der Waals surface area contributed by atoms with Gasteiger partial charge in [-0.25, -0.2) is 4.39 Å². The van der Waals surface area contributed by atoms with Crippen molar-refractivity contribution >= 4 is 17.6 Å². The van der Waals surface area contributed by atoms with E-state index in [1.165, 1.54) is 6.07 Å². The van der Waals surface area contributed by atoms with Crippen LogP contribution >= 0.6 is 0 Å². The van der Waals surface area contributed by atoms with Crippen molar-refractivity contribution in [1.29, 1.82) is 0 Å². The average Bonchev–Trinajstić information content (AvgIpc) is 2.54. The number of primary amides is 1. The van der Waals surface area contributed by atoms with Gasteiger partial charge in [-0.15, -0.1) is 0 Å². The fourth-order valence-corrected chi connectivity index (χ4v) is 2.38. The molecule has 124 valence electrons. The Morgan fingerprint density at radius 1 is 1.08 bits per heavy atom. The van der Waals surface area contributed by atoms with Crippen LogP contribution in [0.2, 0.25) is 0 Å². The second kappa shape index (κ2) is 7.50. The Bertz CT molecular complexity index is 755. The number of hydrogen-bond donors (Lipinski definition) is 2. The van der Waals surface area contributed by atoms with E-state index >= 15 is 0 Å². The van der Waals surface area contributed by atoms with Gasteiger partial charge in [0.25, 0.3) is 11.8 Å². The molecule has 6 heteroatoms. The molecule has 0 spiro atoms. The van der Waals surface area contributed by atoms with Crippen LogP contribution in [0, 0.1) is 12.7 Å². The SMILES string of the molecule is Cc1cccc(F)c1C(=O)N[C@@H](Cc1ccccc1)C(=O)C(N)=O. The van der Waals surface area contributed by atoms with Crippen LogP contribution in [-0.2, 0) is 16.0 Å². The van der Waals surface area contributed by atoms with Crippen LogP contribution in [0.5, 0.6) is 0 Å². The second-order valence-corrected chi connectivity index (χ2v) is 5.38. The molecule has 0 unspecified atom stereocenters. The van der Waals surface area contributed by atoms with E-state index in [1.54, 1.807) is 43.3 Å². The van der Waals surface area contributed by atoms with Gasteiger partial charge in [-0.1, -0.05) is 42.5 Å². The summed E-state index contributed by atoms with van der Waals surface area (Å²) in [6.07, 6.45) is 0.0852. The van der Waals surface area contributed by atoms with Gasteiger partial charge in [0, 0.05) is 6.42 Å².